The van der Waals surface area contributed by atoms with E-state index < -0.39 is 0 Å². The topological polar surface area (TPSA) is 26.0 Å². The lowest BCUT2D eigenvalue weighted by Gasteiger charge is -2.01. The van der Waals surface area contributed by atoms with Crippen LogP contribution in [0.2, 0.25) is 5.02 Å². The number of furan rings is 1. The van der Waals surface area contributed by atoms with Crippen LogP contribution in [0.3, 0.4) is 0 Å². The zero-order chi connectivity index (χ0) is 14.4. The molecule has 0 aliphatic carbocycles. The summed E-state index contributed by atoms with van der Waals surface area (Å²) >= 11 is 5.87. The van der Waals surface area contributed by atoms with Crippen LogP contribution in [0, 0.1) is 5.82 Å². The fourth-order valence-electron chi connectivity index (χ4n) is 2.52. The number of aromatic nitrogens is 1. The molecule has 0 saturated carbocycles. The maximum atomic E-state index is 13.9. The lowest BCUT2D eigenvalue weighted by molar-refractivity contribution is 0.584. The zero-order valence-corrected chi connectivity index (χ0v) is 11.6. The molecule has 2 heterocycles. The highest BCUT2D eigenvalue weighted by Gasteiger charge is 2.14. The number of hydrogen-bond acceptors (Lipinski definition) is 2. The molecule has 21 heavy (non-hydrogen) atoms. The van der Waals surface area contributed by atoms with Gasteiger partial charge >= 0.3 is 0 Å². The van der Waals surface area contributed by atoms with E-state index in [1.165, 1.54) is 6.07 Å². The molecule has 0 atom stereocenters. The molecule has 0 unspecified atom stereocenters. The molecule has 0 aliphatic heterocycles. The lowest BCUT2D eigenvalue weighted by atomic mass is 10.1. The van der Waals surface area contributed by atoms with Gasteiger partial charge in [-0.15, -0.1) is 0 Å². The van der Waals surface area contributed by atoms with Crippen LogP contribution in [0.1, 0.15) is 0 Å². The van der Waals surface area contributed by atoms with Crippen LogP contribution in [-0.2, 0) is 0 Å². The summed E-state index contributed by atoms with van der Waals surface area (Å²) in [5.41, 5.74) is 2.46. The van der Waals surface area contributed by atoms with E-state index in [0.29, 0.717) is 10.6 Å². The van der Waals surface area contributed by atoms with Gasteiger partial charge in [0.15, 0.2) is 11.4 Å². The number of benzene rings is 2. The number of nitrogens with zero attached hydrogens (tertiary/aromatic N) is 1. The van der Waals surface area contributed by atoms with Crippen molar-refractivity contribution < 1.29 is 8.81 Å². The van der Waals surface area contributed by atoms with Gasteiger partial charge < -0.3 is 4.42 Å². The predicted molar refractivity (Wildman–Crippen MR) is 81.9 cm³/mol. The van der Waals surface area contributed by atoms with Gasteiger partial charge in [0, 0.05) is 22.5 Å². The molecule has 0 amide bonds. The van der Waals surface area contributed by atoms with Crippen molar-refractivity contribution in [3.05, 3.63) is 65.6 Å². The van der Waals surface area contributed by atoms with E-state index in [-0.39, 0.29) is 11.4 Å². The number of fused-ring (bicyclic) bond motifs is 3. The Balaban J connectivity index is 2.08. The van der Waals surface area contributed by atoms with Crippen molar-refractivity contribution in [3.63, 3.8) is 0 Å². The van der Waals surface area contributed by atoms with Crippen molar-refractivity contribution in [1.82, 2.24) is 4.98 Å². The van der Waals surface area contributed by atoms with E-state index in [9.17, 15) is 4.39 Å². The third-order valence-corrected chi connectivity index (χ3v) is 3.70. The van der Waals surface area contributed by atoms with Gasteiger partial charge in [0.05, 0.1) is 10.7 Å². The minimum atomic E-state index is -0.362. The Labute approximate surface area is 124 Å². The maximum Gasteiger partial charge on any atom is 0.171 e. The highest BCUT2D eigenvalue weighted by atomic mass is 35.5. The van der Waals surface area contributed by atoms with E-state index in [1.807, 2.05) is 30.3 Å². The molecule has 4 aromatic rings. The first kappa shape index (κ1) is 12.4. The molecular formula is C17H9ClFNO. The second-order valence-corrected chi connectivity index (χ2v) is 5.20. The summed E-state index contributed by atoms with van der Waals surface area (Å²) < 4.78 is 19.6. The van der Waals surface area contributed by atoms with E-state index in [1.54, 1.807) is 18.3 Å². The molecule has 4 rings (SSSR count). The highest BCUT2D eigenvalue weighted by molar-refractivity contribution is 6.30. The number of para-hydroxylation sites is 2. The van der Waals surface area contributed by atoms with E-state index in [0.717, 1.165) is 22.0 Å². The smallest absolute Gasteiger partial charge is 0.171 e. The summed E-state index contributed by atoms with van der Waals surface area (Å²) in [5, 5.41) is 2.21. The fraction of sp³-hybridized carbons (Fsp3) is 0. The summed E-state index contributed by atoms with van der Waals surface area (Å²) in [6.45, 7) is 0. The number of pyridine rings is 1. The lowest BCUT2D eigenvalue weighted by Crippen LogP contribution is -1.83. The molecule has 0 aliphatic rings. The van der Waals surface area contributed by atoms with Gasteiger partial charge in [-0.25, -0.2) is 4.39 Å². The van der Waals surface area contributed by atoms with Crippen LogP contribution in [0.15, 0.2) is 59.1 Å². The summed E-state index contributed by atoms with van der Waals surface area (Å²) in [5.74, 6) is -0.362. The first-order valence-corrected chi connectivity index (χ1v) is 6.83. The molecule has 0 spiro atoms. The predicted octanol–water partition coefficient (Wildman–Crippen LogP) is 5.44. The van der Waals surface area contributed by atoms with Crippen molar-refractivity contribution in [2.24, 2.45) is 0 Å². The second-order valence-electron chi connectivity index (χ2n) is 4.76. The monoisotopic (exact) mass is 297 g/mol. The molecule has 2 aromatic heterocycles. The molecule has 0 fully saturated rings. The van der Waals surface area contributed by atoms with Gasteiger partial charge in [-0.3, -0.25) is 4.98 Å². The minimum Gasteiger partial charge on any atom is -0.452 e. The first-order valence-electron chi connectivity index (χ1n) is 6.46. The number of rotatable bonds is 1. The average molecular weight is 298 g/mol. The number of hydrogen-bond donors (Lipinski definition) is 0. The zero-order valence-electron chi connectivity index (χ0n) is 10.8. The molecule has 0 radical (unpaired) electrons. The third-order valence-electron chi connectivity index (χ3n) is 3.48. The highest BCUT2D eigenvalue weighted by Crippen LogP contribution is 2.35. The van der Waals surface area contributed by atoms with Crippen LogP contribution >= 0.6 is 11.6 Å². The van der Waals surface area contributed by atoms with Crippen molar-refractivity contribution >= 4 is 33.5 Å². The molecule has 0 bridgehead atoms. The molecule has 0 saturated heterocycles. The summed E-state index contributed by atoms with van der Waals surface area (Å²) in [6.07, 6.45) is 1.58. The van der Waals surface area contributed by atoms with Crippen LogP contribution in [-0.4, -0.2) is 4.98 Å². The van der Waals surface area contributed by atoms with Gasteiger partial charge in [0.1, 0.15) is 5.58 Å². The van der Waals surface area contributed by atoms with Crippen molar-refractivity contribution in [2.45, 2.75) is 0 Å². The Kier molecular flexibility index (Phi) is 2.69. The van der Waals surface area contributed by atoms with Crippen LogP contribution in [0.25, 0.3) is 33.2 Å². The van der Waals surface area contributed by atoms with Crippen molar-refractivity contribution in [3.8, 4) is 11.3 Å². The Morgan fingerprint density at radius 2 is 1.67 bits per heavy atom. The summed E-state index contributed by atoms with van der Waals surface area (Å²) in [4.78, 5) is 4.31. The summed E-state index contributed by atoms with van der Waals surface area (Å²) in [7, 11) is 0. The minimum absolute atomic E-state index is 0.272. The van der Waals surface area contributed by atoms with Crippen molar-refractivity contribution in [2.75, 3.05) is 0 Å². The Morgan fingerprint density at radius 1 is 0.905 bits per heavy atom. The quantitative estimate of drug-likeness (QED) is 0.467. The molecule has 0 N–H and O–H groups in total. The first-order chi connectivity index (χ1) is 10.2. The van der Waals surface area contributed by atoms with Crippen LogP contribution < -0.4 is 0 Å². The fourth-order valence-corrected chi connectivity index (χ4v) is 2.63. The van der Waals surface area contributed by atoms with Gasteiger partial charge in [-0.1, -0.05) is 35.9 Å². The Hall–Kier alpha value is -2.39. The van der Waals surface area contributed by atoms with Crippen LogP contribution in [0.4, 0.5) is 4.39 Å². The largest absolute Gasteiger partial charge is 0.452 e. The van der Waals surface area contributed by atoms with E-state index in [2.05, 4.69) is 4.98 Å². The van der Waals surface area contributed by atoms with Crippen LogP contribution in [0.5, 0.6) is 0 Å². The normalized spacial score (nSPS) is 11.3. The molecule has 102 valence electrons. The SMILES string of the molecule is Fc1cccc2c1oc1c(-c3ccc(Cl)cn3)cccc12. The van der Waals surface area contributed by atoms with Gasteiger partial charge in [0.2, 0.25) is 0 Å². The Morgan fingerprint density at radius 3 is 2.43 bits per heavy atom. The van der Waals surface area contributed by atoms with E-state index in [4.69, 9.17) is 16.0 Å². The standard InChI is InChI=1S/C17H9ClFNO/c18-10-7-8-15(20-9-10)13-5-1-3-11-12-4-2-6-14(19)17(12)21-16(11)13/h1-9H. The van der Waals surface area contributed by atoms with Gasteiger partial charge in [-0.05, 0) is 24.3 Å². The molecule has 2 nitrogen and oxygen atoms in total. The molecule has 4 heteroatoms. The van der Waals surface area contributed by atoms with Gasteiger partial charge in [-0.2, -0.15) is 0 Å². The third kappa shape index (κ3) is 1.89. The maximum absolute atomic E-state index is 13.9. The van der Waals surface area contributed by atoms with E-state index >= 15 is 0 Å². The summed E-state index contributed by atoms with van der Waals surface area (Å²) in [6, 6.07) is 14.2. The van der Waals surface area contributed by atoms with Crippen molar-refractivity contribution in [1.29, 1.82) is 0 Å². The molecular weight excluding hydrogens is 289 g/mol. The number of halogens is 2. The Bertz CT molecular complexity index is 960. The molecule has 2 aromatic carbocycles. The second kappa shape index (κ2) is 4.57. The van der Waals surface area contributed by atoms with Gasteiger partial charge in [0.25, 0.3) is 0 Å². The average Bonchev–Trinajstić information content (AvgIpc) is 2.89.